The van der Waals surface area contributed by atoms with Crippen molar-refractivity contribution in [2.45, 2.75) is 258 Å². The van der Waals surface area contributed by atoms with Crippen molar-refractivity contribution in [1.82, 2.24) is 0 Å². The number of unbranched alkanes of at least 4 members (excludes halogenated alkanes) is 34. The third-order valence-corrected chi connectivity index (χ3v) is 12.4. The van der Waals surface area contributed by atoms with E-state index in [-0.39, 0.29) is 25.8 Å². The van der Waals surface area contributed by atoms with Gasteiger partial charge < -0.3 is 18.9 Å². The molecule has 0 aromatic rings. The van der Waals surface area contributed by atoms with Crippen LogP contribution in [-0.2, 0) is 27.9 Å². The van der Waals surface area contributed by atoms with E-state index < -0.39 is 13.9 Å². The van der Waals surface area contributed by atoms with E-state index in [4.69, 9.17) is 18.5 Å². The van der Waals surface area contributed by atoms with Crippen LogP contribution in [0.4, 0.5) is 0 Å². The van der Waals surface area contributed by atoms with Gasteiger partial charge in [-0.05, 0) is 12.8 Å². The molecule has 0 aliphatic heterocycles. The quantitative estimate of drug-likeness (QED) is 0.0282. The second-order valence-electron chi connectivity index (χ2n) is 18.6. The van der Waals surface area contributed by atoms with Gasteiger partial charge in [0, 0.05) is 13.0 Å². The van der Waals surface area contributed by atoms with E-state index in [0.717, 1.165) is 32.1 Å². The zero-order valence-electron chi connectivity index (χ0n) is 39.6. The Morgan fingerprint density at radius 3 is 1.14 bits per heavy atom. The summed E-state index contributed by atoms with van der Waals surface area (Å²) in [4.78, 5) is 22.9. The lowest BCUT2D eigenvalue weighted by Crippen LogP contribution is -2.37. The predicted octanol–water partition coefficient (Wildman–Crippen LogP) is 15.2. The molecule has 9 heteroatoms. The lowest BCUT2D eigenvalue weighted by molar-refractivity contribution is -0.870. The Kier molecular flexibility index (Phi) is 42.8. The van der Waals surface area contributed by atoms with Crippen LogP contribution in [0.3, 0.4) is 0 Å². The van der Waals surface area contributed by atoms with Crippen LogP contribution in [0.1, 0.15) is 251 Å². The van der Waals surface area contributed by atoms with Crippen LogP contribution in [-0.4, -0.2) is 75.6 Å². The lowest BCUT2D eigenvalue weighted by atomic mass is 10.0. The van der Waals surface area contributed by atoms with Crippen LogP contribution in [0.5, 0.6) is 0 Å². The van der Waals surface area contributed by atoms with E-state index in [1.807, 2.05) is 21.1 Å². The molecule has 0 fully saturated rings. The van der Waals surface area contributed by atoms with E-state index in [0.29, 0.717) is 24.1 Å². The Labute approximate surface area is 361 Å². The lowest BCUT2D eigenvalue weighted by Gasteiger charge is -2.24. The number of nitrogens with zero attached hydrogens (tertiary/aromatic N) is 1. The summed E-state index contributed by atoms with van der Waals surface area (Å²) in [6, 6.07) is 0. The Hall–Kier alpha value is -0.500. The minimum absolute atomic E-state index is 0.0941. The van der Waals surface area contributed by atoms with Gasteiger partial charge in [0.2, 0.25) is 0 Å². The molecule has 0 aliphatic rings. The first-order chi connectivity index (χ1) is 28.1. The molecule has 58 heavy (non-hydrogen) atoms. The third kappa shape index (κ3) is 46.6. The van der Waals surface area contributed by atoms with Gasteiger partial charge in [-0.2, -0.15) is 0 Å². The van der Waals surface area contributed by atoms with Gasteiger partial charge in [-0.15, -0.1) is 0 Å². The van der Waals surface area contributed by atoms with Crippen LogP contribution in [0.15, 0.2) is 0 Å². The van der Waals surface area contributed by atoms with Gasteiger partial charge >= 0.3 is 13.8 Å². The molecule has 0 spiro atoms. The molecule has 0 bridgehead atoms. The Balaban J connectivity index is 4.03. The number of ether oxygens (including phenoxy) is 2. The number of quaternary nitrogens is 1. The molecule has 0 heterocycles. The van der Waals surface area contributed by atoms with Crippen molar-refractivity contribution < 1.29 is 37.3 Å². The van der Waals surface area contributed by atoms with Crippen LogP contribution >= 0.6 is 7.82 Å². The van der Waals surface area contributed by atoms with Gasteiger partial charge in [0.05, 0.1) is 34.4 Å². The zero-order chi connectivity index (χ0) is 42.7. The normalized spacial score (nSPS) is 13.6. The van der Waals surface area contributed by atoms with Gasteiger partial charge in [0.25, 0.3) is 0 Å². The average molecular weight is 847 g/mol. The summed E-state index contributed by atoms with van der Waals surface area (Å²) < 4.78 is 35.1. The van der Waals surface area contributed by atoms with E-state index >= 15 is 0 Å². The van der Waals surface area contributed by atoms with Gasteiger partial charge in [0.1, 0.15) is 19.3 Å². The summed E-state index contributed by atoms with van der Waals surface area (Å²) in [5.74, 6) is -0.307. The smallest absolute Gasteiger partial charge is 0.457 e. The molecule has 2 unspecified atom stereocenters. The van der Waals surface area contributed by atoms with Crippen molar-refractivity contribution in [2.75, 3.05) is 54.1 Å². The maximum absolute atomic E-state index is 12.7. The molecule has 0 saturated heterocycles. The number of phosphoric acid groups is 1. The van der Waals surface area contributed by atoms with E-state index in [2.05, 4.69) is 13.8 Å². The first kappa shape index (κ1) is 57.5. The maximum Gasteiger partial charge on any atom is 0.472 e. The molecule has 0 amide bonds. The number of carbonyl (C=O) groups excluding carboxylic acids is 1. The molecule has 1 N–H and O–H groups in total. The summed E-state index contributed by atoms with van der Waals surface area (Å²) in [6.07, 6.45) is 47.2. The third-order valence-electron chi connectivity index (χ3n) is 11.4. The number of carbonyl (C=O) groups is 1. The topological polar surface area (TPSA) is 91.3 Å². The summed E-state index contributed by atoms with van der Waals surface area (Å²) in [5, 5.41) is 0. The van der Waals surface area contributed by atoms with E-state index in [9.17, 15) is 14.3 Å². The molecule has 0 rings (SSSR count). The fourth-order valence-electron chi connectivity index (χ4n) is 7.50. The van der Waals surface area contributed by atoms with Crippen molar-refractivity contribution in [1.29, 1.82) is 0 Å². The molecule has 0 saturated carbocycles. The van der Waals surface area contributed by atoms with Crippen molar-refractivity contribution in [3.63, 3.8) is 0 Å². The van der Waals surface area contributed by atoms with Crippen molar-refractivity contribution in [3.05, 3.63) is 0 Å². The molecular weight excluding hydrogens is 746 g/mol. The number of likely N-dealkylation sites (N-methyl/N-ethyl adjacent to an activating group) is 1. The van der Waals surface area contributed by atoms with Gasteiger partial charge in [-0.25, -0.2) is 4.57 Å². The SMILES string of the molecule is CCCCCCCCCCCCCCCCCCCCCCCCCOCC(COP(=O)(O)OCC[N+](C)(C)C)OC(=O)CCCCCCCCCCCCCCC. The van der Waals surface area contributed by atoms with Crippen molar-refractivity contribution in [3.8, 4) is 0 Å². The Bertz CT molecular complexity index is 899. The number of esters is 1. The number of hydrogen-bond acceptors (Lipinski definition) is 6. The highest BCUT2D eigenvalue weighted by Crippen LogP contribution is 2.43. The predicted molar refractivity (Wildman–Crippen MR) is 248 cm³/mol. The summed E-state index contributed by atoms with van der Waals surface area (Å²) >= 11 is 0. The largest absolute Gasteiger partial charge is 0.472 e. The standard InChI is InChI=1S/C49H100NO7P/c1-6-8-10-12-14-16-18-20-21-22-23-24-25-26-27-28-29-31-33-35-37-39-41-44-54-46-48(47-56-58(52,53)55-45-43-50(3,4)5)57-49(51)42-40-38-36-34-32-30-19-17-15-13-11-9-7-2/h48H,6-47H2,1-5H3/p+1. The second kappa shape index (κ2) is 43.2. The van der Waals surface area contributed by atoms with E-state index in [1.54, 1.807) is 0 Å². The van der Waals surface area contributed by atoms with Crippen LogP contribution in [0.2, 0.25) is 0 Å². The van der Waals surface area contributed by atoms with Gasteiger partial charge in [0.15, 0.2) is 0 Å². The molecule has 8 nitrogen and oxygen atoms in total. The summed E-state index contributed by atoms with van der Waals surface area (Å²) in [7, 11) is 1.69. The average Bonchev–Trinajstić information content (AvgIpc) is 3.18. The molecule has 0 aliphatic carbocycles. The molecular formula is C49H101NO7P+. The summed E-state index contributed by atoms with van der Waals surface area (Å²) in [5.41, 5.74) is 0. The Morgan fingerprint density at radius 1 is 0.466 bits per heavy atom. The Morgan fingerprint density at radius 2 is 0.793 bits per heavy atom. The first-order valence-corrected chi connectivity index (χ1v) is 26.8. The maximum atomic E-state index is 12.7. The van der Waals surface area contributed by atoms with Gasteiger partial charge in [-0.3, -0.25) is 13.8 Å². The molecule has 0 aromatic heterocycles. The van der Waals surface area contributed by atoms with Crippen molar-refractivity contribution >= 4 is 13.8 Å². The highest BCUT2D eigenvalue weighted by molar-refractivity contribution is 7.47. The first-order valence-electron chi connectivity index (χ1n) is 25.3. The molecule has 0 aromatic carbocycles. The number of phosphoric ester groups is 1. The van der Waals surface area contributed by atoms with Crippen LogP contribution in [0.25, 0.3) is 0 Å². The monoisotopic (exact) mass is 847 g/mol. The minimum atomic E-state index is -4.27. The number of rotatable bonds is 48. The van der Waals surface area contributed by atoms with E-state index in [1.165, 1.54) is 199 Å². The molecule has 0 radical (unpaired) electrons. The zero-order valence-corrected chi connectivity index (χ0v) is 40.5. The minimum Gasteiger partial charge on any atom is -0.457 e. The summed E-state index contributed by atoms with van der Waals surface area (Å²) in [6.45, 7) is 5.69. The fraction of sp³-hybridized carbons (Fsp3) is 0.980. The van der Waals surface area contributed by atoms with Gasteiger partial charge in [-0.1, -0.05) is 232 Å². The van der Waals surface area contributed by atoms with Crippen LogP contribution < -0.4 is 0 Å². The fourth-order valence-corrected chi connectivity index (χ4v) is 8.24. The second-order valence-corrected chi connectivity index (χ2v) is 20.0. The number of hydrogen-bond donors (Lipinski definition) is 1. The van der Waals surface area contributed by atoms with Crippen molar-refractivity contribution in [2.24, 2.45) is 0 Å². The molecule has 348 valence electrons. The molecule has 2 atom stereocenters. The highest BCUT2D eigenvalue weighted by atomic mass is 31.2. The van der Waals surface area contributed by atoms with Crippen LogP contribution in [0, 0.1) is 0 Å². The highest BCUT2D eigenvalue weighted by Gasteiger charge is 2.26.